The number of hydrogen-bond donors (Lipinski definition) is 0. The molecule has 7 nitrogen and oxygen atoms in total. The molecule has 1 aromatic heterocycles. The molecule has 0 aliphatic carbocycles. The summed E-state index contributed by atoms with van der Waals surface area (Å²) in [4.78, 5) is 12.9. The molecule has 21 heavy (non-hydrogen) atoms. The first-order valence-corrected chi connectivity index (χ1v) is 8.11. The number of nitrogens with zero attached hydrogens (tertiary/aromatic N) is 1. The molecule has 0 aliphatic rings. The Morgan fingerprint density at radius 1 is 1.24 bits per heavy atom. The molecule has 0 unspecified atom stereocenters. The molecule has 0 saturated heterocycles. The summed E-state index contributed by atoms with van der Waals surface area (Å²) in [6.45, 7) is 4.65. The van der Waals surface area contributed by atoms with E-state index in [2.05, 4.69) is 9.72 Å². The molecule has 1 heterocycles. The van der Waals surface area contributed by atoms with Crippen molar-refractivity contribution >= 4 is 14.1 Å². The molecule has 0 aliphatic heterocycles. The predicted molar refractivity (Wildman–Crippen MR) is 78.4 cm³/mol. The first-order valence-electron chi connectivity index (χ1n) is 6.38. The summed E-state index contributed by atoms with van der Waals surface area (Å²) in [5.41, 5.74) is 0.771. The first kappa shape index (κ1) is 19.6. The van der Waals surface area contributed by atoms with E-state index in [0.717, 1.165) is 5.56 Å². The van der Waals surface area contributed by atoms with Crippen molar-refractivity contribution in [1.29, 1.82) is 0 Å². The van der Waals surface area contributed by atoms with Crippen LogP contribution in [-0.4, -0.2) is 38.9 Å². The van der Waals surface area contributed by atoms with E-state index in [4.69, 9.17) is 18.6 Å². The number of ether oxygens (including phenoxy) is 2. The van der Waals surface area contributed by atoms with Gasteiger partial charge in [0.05, 0.1) is 39.8 Å². The van der Waals surface area contributed by atoms with Crippen molar-refractivity contribution in [2.45, 2.75) is 20.0 Å². The Balaban J connectivity index is 0.000000885. The lowest BCUT2D eigenvalue weighted by Gasteiger charge is -2.17. The summed E-state index contributed by atoms with van der Waals surface area (Å²) in [5.74, 6) is 0.590. The summed E-state index contributed by atoms with van der Waals surface area (Å²) in [6.07, 6.45) is 3.40. The van der Waals surface area contributed by atoms with Crippen LogP contribution in [-0.2, 0) is 29.3 Å². The molecule has 1 aromatic rings. The molecule has 0 aromatic carbocycles. The van der Waals surface area contributed by atoms with Gasteiger partial charge in [-0.1, -0.05) is 0 Å². The highest BCUT2D eigenvalue weighted by Gasteiger charge is 2.25. The second kappa shape index (κ2) is 11.3. The Labute approximate surface area is 125 Å². The Morgan fingerprint density at radius 2 is 1.81 bits per heavy atom. The molecular weight excluding hydrogens is 297 g/mol. The number of aromatic nitrogens is 1. The second-order valence-electron chi connectivity index (χ2n) is 3.62. The van der Waals surface area contributed by atoms with Gasteiger partial charge in [0.15, 0.2) is 0 Å². The van der Waals surface area contributed by atoms with E-state index < -0.39 is 7.60 Å². The molecule has 0 atom stereocenters. The highest BCUT2D eigenvalue weighted by atomic mass is 31.2. The number of pyridine rings is 1. The van der Waals surface area contributed by atoms with Crippen molar-refractivity contribution in [2.75, 3.05) is 27.4 Å². The summed E-state index contributed by atoms with van der Waals surface area (Å²) in [5, 5.41) is 0. The van der Waals surface area contributed by atoms with E-state index >= 15 is 0 Å². The highest BCUT2D eigenvalue weighted by Crippen LogP contribution is 2.52. The van der Waals surface area contributed by atoms with Crippen molar-refractivity contribution in [3.05, 3.63) is 24.0 Å². The Bertz CT molecular complexity index is 444. The lowest BCUT2D eigenvalue weighted by molar-refractivity contribution is -0.126. The summed E-state index contributed by atoms with van der Waals surface area (Å²) in [7, 11) is -0.228. The van der Waals surface area contributed by atoms with Gasteiger partial charge in [0.1, 0.15) is 5.75 Å². The molecule has 0 radical (unpaired) electrons. The summed E-state index contributed by atoms with van der Waals surface area (Å²) < 4.78 is 31.8. The molecule has 0 N–H and O–H groups in total. The SMILES string of the molecule is CCOP(=O)(Cc1ccncc1OC)OCC.COC=O. The van der Waals surface area contributed by atoms with Crippen LogP contribution in [0.25, 0.3) is 0 Å². The monoisotopic (exact) mass is 319 g/mol. The topological polar surface area (TPSA) is 84.0 Å². The smallest absolute Gasteiger partial charge is 0.335 e. The third-order valence-corrected chi connectivity index (χ3v) is 4.23. The minimum Gasteiger partial charge on any atom is -0.495 e. The number of hydrogen-bond acceptors (Lipinski definition) is 7. The zero-order chi connectivity index (χ0) is 16.1. The van der Waals surface area contributed by atoms with Gasteiger partial charge < -0.3 is 18.5 Å². The van der Waals surface area contributed by atoms with Gasteiger partial charge in [-0.05, 0) is 19.9 Å². The maximum Gasteiger partial charge on any atom is 0.335 e. The Hall–Kier alpha value is -1.43. The lowest BCUT2D eigenvalue weighted by Crippen LogP contribution is -2.01. The fraction of sp³-hybridized carbons (Fsp3) is 0.538. The fourth-order valence-electron chi connectivity index (χ4n) is 1.45. The number of methoxy groups -OCH3 is 2. The van der Waals surface area contributed by atoms with Gasteiger partial charge in [-0.2, -0.15) is 0 Å². The average Bonchev–Trinajstić information content (AvgIpc) is 2.48. The van der Waals surface area contributed by atoms with Crippen LogP contribution >= 0.6 is 7.60 Å². The van der Waals surface area contributed by atoms with Crippen LogP contribution < -0.4 is 4.74 Å². The Morgan fingerprint density at radius 3 is 2.24 bits per heavy atom. The van der Waals surface area contributed by atoms with Gasteiger partial charge in [-0.15, -0.1) is 0 Å². The first-order chi connectivity index (χ1) is 10.1. The van der Waals surface area contributed by atoms with Gasteiger partial charge in [-0.25, -0.2) is 0 Å². The largest absolute Gasteiger partial charge is 0.495 e. The van der Waals surface area contributed by atoms with Gasteiger partial charge in [-0.3, -0.25) is 14.3 Å². The van der Waals surface area contributed by atoms with Crippen LogP contribution in [0.5, 0.6) is 5.75 Å². The van der Waals surface area contributed by atoms with E-state index in [-0.39, 0.29) is 6.16 Å². The maximum absolute atomic E-state index is 12.3. The van der Waals surface area contributed by atoms with Crippen LogP contribution in [0.1, 0.15) is 19.4 Å². The summed E-state index contributed by atoms with van der Waals surface area (Å²) in [6, 6.07) is 1.75. The van der Waals surface area contributed by atoms with Crippen molar-refractivity contribution in [1.82, 2.24) is 4.98 Å². The van der Waals surface area contributed by atoms with Gasteiger partial charge in [0, 0.05) is 11.8 Å². The van der Waals surface area contributed by atoms with Gasteiger partial charge in [0.2, 0.25) is 0 Å². The fourth-order valence-corrected chi connectivity index (χ4v) is 3.18. The molecule has 0 spiro atoms. The third kappa shape index (κ3) is 7.80. The normalized spacial score (nSPS) is 10.3. The molecule has 0 amide bonds. The molecule has 120 valence electrons. The maximum atomic E-state index is 12.3. The van der Waals surface area contributed by atoms with Crippen molar-refractivity contribution in [3.8, 4) is 5.75 Å². The quantitative estimate of drug-likeness (QED) is 0.538. The van der Waals surface area contributed by atoms with E-state index in [0.29, 0.717) is 25.4 Å². The Kier molecular flexibility index (Phi) is 10.5. The minimum atomic E-state index is -3.09. The number of carbonyl (C=O) groups is 1. The molecule has 8 heteroatoms. The van der Waals surface area contributed by atoms with Crippen LogP contribution in [0.2, 0.25) is 0 Å². The van der Waals surface area contributed by atoms with Crippen LogP contribution in [0.15, 0.2) is 18.5 Å². The van der Waals surface area contributed by atoms with E-state index in [1.165, 1.54) is 7.11 Å². The van der Waals surface area contributed by atoms with Crippen LogP contribution in [0, 0.1) is 0 Å². The van der Waals surface area contributed by atoms with Gasteiger partial charge in [0.25, 0.3) is 6.47 Å². The van der Waals surface area contributed by atoms with E-state index in [1.807, 2.05) is 0 Å². The lowest BCUT2D eigenvalue weighted by atomic mass is 10.3. The van der Waals surface area contributed by atoms with Crippen molar-refractivity contribution < 1.29 is 27.9 Å². The van der Waals surface area contributed by atoms with E-state index in [1.54, 1.807) is 39.4 Å². The molecule has 0 saturated carbocycles. The molecule has 0 fully saturated rings. The second-order valence-corrected chi connectivity index (χ2v) is 5.68. The highest BCUT2D eigenvalue weighted by molar-refractivity contribution is 7.53. The predicted octanol–water partition coefficient (Wildman–Crippen LogP) is 2.65. The van der Waals surface area contributed by atoms with Crippen LogP contribution in [0.4, 0.5) is 0 Å². The average molecular weight is 319 g/mol. The standard InChI is InChI=1S/C11H18NO4P.C2H4O2/c1-4-15-17(13,16-5-2)9-10-6-7-12-8-11(10)14-3;1-4-2-3/h6-8H,4-5,9H2,1-3H3;2H,1H3. The van der Waals surface area contributed by atoms with Crippen molar-refractivity contribution in [2.24, 2.45) is 0 Å². The molecular formula is C13H22NO6P. The minimum absolute atomic E-state index is 0.195. The molecule has 1 rings (SSSR count). The zero-order valence-electron chi connectivity index (χ0n) is 12.8. The molecule has 0 bridgehead atoms. The van der Waals surface area contributed by atoms with E-state index in [9.17, 15) is 4.57 Å². The van der Waals surface area contributed by atoms with Gasteiger partial charge >= 0.3 is 7.60 Å². The third-order valence-electron chi connectivity index (χ3n) is 2.20. The number of carbonyl (C=O) groups excluding carboxylic acids is 1. The van der Waals surface area contributed by atoms with Crippen LogP contribution in [0.3, 0.4) is 0 Å². The zero-order valence-corrected chi connectivity index (χ0v) is 13.7. The van der Waals surface area contributed by atoms with Crippen molar-refractivity contribution in [3.63, 3.8) is 0 Å². The number of rotatable bonds is 8. The summed E-state index contributed by atoms with van der Waals surface area (Å²) >= 11 is 0.